The van der Waals surface area contributed by atoms with Crippen LogP contribution in [0.4, 0.5) is 0 Å². The molecule has 0 aromatic heterocycles. The Labute approximate surface area is 176 Å². The van der Waals surface area contributed by atoms with E-state index in [-0.39, 0.29) is 30.3 Å². The summed E-state index contributed by atoms with van der Waals surface area (Å²) in [7, 11) is 1.64. The molecule has 0 aliphatic carbocycles. The lowest BCUT2D eigenvalue weighted by Gasteiger charge is -2.39. The van der Waals surface area contributed by atoms with Crippen LogP contribution in [-0.4, -0.2) is 44.2 Å². The van der Waals surface area contributed by atoms with Crippen molar-refractivity contribution in [2.24, 2.45) is 5.92 Å². The van der Waals surface area contributed by atoms with Gasteiger partial charge < -0.3 is 19.7 Å². The lowest BCUT2D eigenvalue weighted by molar-refractivity contribution is -0.140. The van der Waals surface area contributed by atoms with E-state index in [4.69, 9.17) is 21.1 Å². The van der Waals surface area contributed by atoms with Crippen LogP contribution in [-0.2, 0) is 11.2 Å². The summed E-state index contributed by atoms with van der Waals surface area (Å²) in [6, 6.07) is 13.4. The molecule has 0 radical (unpaired) electrons. The fraction of sp³-hybridized carbons (Fsp3) is 0.381. The molecule has 1 fully saturated rings. The molecule has 2 aromatic rings. The molecule has 1 amide bonds. The van der Waals surface area contributed by atoms with Gasteiger partial charge in [0, 0.05) is 24.7 Å². The number of hydrogen-bond acceptors (Lipinski definition) is 4. The van der Waals surface area contributed by atoms with Gasteiger partial charge in [-0.1, -0.05) is 29.8 Å². The van der Waals surface area contributed by atoms with E-state index in [2.05, 4.69) is 5.32 Å². The Morgan fingerprint density at radius 1 is 1.29 bits per heavy atom. The molecular weight excluding hydrogens is 399 g/mol. The van der Waals surface area contributed by atoms with Crippen LogP contribution in [0, 0.1) is 5.92 Å². The second kappa shape index (κ2) is 9.03. The predicted octanol–water partition coefficient (Wildman–Crippen LogP) is 3.49. The molecule has 28 heavy (non-hydrogen) atoms. The SMILES string of the molecule is COc1ccc2c(c1)CC(C(=O)N1CCNCC1c1ccccc1Cl)CO2.Cl. The second-order valence-electron chi connectivity index (χ2n) is 6.96. The minimum absolute atomic E-state index is 0. The summed E-state index contributed by atoms with van der Waals surface area (Å²) in [6.45, 7) is 2.55. The van der Waals surface area contributed by atoms with Gasteiger partial charge in [-0.2, -0.15) is 0 Å². The molecule has 4 rings (SSSR count). The highest BCUT2D eigenvalue weighted by molar-refractivity contribution is 6.31. The van der Waals surface area contributed by atoms with Gasteiger partial charge in [0.05, 0.1) is 19.1 Å². The van der Waals surface area contributed by atoms with E-state index in [9.17, 15) is 4.79 Å². The van der Waals surface area contributed by atoms with Crippen molar-refractivity contribution >= 4 is 29.9 Å². The van der Waals surface area contributed by atoms with Gasteiger partial charge in [0.1, 0.15) is 18.1 Å². The van der Waals surface area contributed by atoms with Gasteiger partial charge in [0.15, 0.2) is 0 Å². The zero-order valence-electron chi connectivity index (χ0n) is 15.7. The number of fused-ring (bicyclic) bond motifs is 1. The van der Waals surface area contributed by atoms with Crippen LogP contribution in [0.5, 0.6) is 11.5 Å². The Morgan fingerprint density at radius 3 is 2.89 bits per heavy atom. The fourth-order valence-corrected chi connectivity index (χ4v) is 4.14. The number of carbonyl (C=O) groups is 1. The number of nitrogens with one attached hydrogen (secondary N) is 1. The van der Waals surface area contributed by atoms with Crippen LogP contribution < -0.4 is 14.8 Å². The molecule has 5 nitrogen and oxygen atoms in total. The third-order valence-corrected chi connectivity index (χ3v) is 5.66. The number of ether oxygens (including phenoxy) is 2. The molecule has 0 spiro atoms. The Balaban J connectivity index is 0.00000225. The topological polar surface area (TPSA) is 50.8 Å². The molecule has 7 heteroatoms. The van der Waals surface area contributed by atoms with E-state index in [1.807, 2.05) is 47.4 Å². The highest BCUT2D eigenvalue weighted by Crippen LogP contribution is 2.34. The van der Waals surface area contributed by atoms with Crippen molar-refractivity contribution in [2.45, 2.75) is 12.5 Å². The highest BCUT2D eigenvalue weighted by atomic mass is 35.5. The van der Waals surface area contributed by atoms with E-state index in [1.165, 1.54) is 0 Å². The monoisotopic (exact) mass is 422 g/mol. The lowest BCUT2D eigenvalue weighted by atomic mass is 9.93. The maximum absolute atomic E-state index is 13.4. The molecular formula is C21H24Cl2N2O3. The van der Waals surface area contributed by atoms with Crippen LogP contribution in [0.3, 0.4) is 0 Å². The first-order valence-electron chi connectivity index (χ1n) is 9.22. The third-order valence-electron chi connectivity index (χ3n) is 5.31. The van der Waals surface area contributed by atoms with Crippen LogP contribution in [0.1, 0.15) is 17.2 Å². The highest BCUT2D eigenvalue weighted by Gasteiger charge is 2.35. The molecule has 2 aliphatic heterocycles. The molecule has 0 bridgehead atoms. The van der Waals surface area contributed by atoms with E-state index in [1.54, 1.807) is 7.11 Å². The molecule has 2 aromatic carbocycles. The van der Waals surface area contributed by atoms with Gasteiger partial charge in [-0.25, -0.2) is 0 Å². The van der Waals surface area contributed by atoms with Gasteiger partial charge in [0.25, 0.3) is 0 Å². The van der Waals surface area contributed by atoms with Crippen LogP contribution in [0.2, 0.25) is 5.02 Å². The first-order chi connectivity index (χ1) is 13.2. The number of halogens is 2. The predicted molar refractivity (Wildman–Crippen MR) is 112 cm³/mol. The maximum atomic E-state index is 13.4. The third kappa shape index (κ3) is 4.07. The summed E-state index contributed by atoms with van der Waals surface area (Å²) in [5.41, 5.74) is 2.00. The number of hydrogen-bond donors (Lipinski definition) is 1. The molecule has 0 saturated carbocycles. The molecule has 1 saturated heterocycles. The molecule has 2 heterocycles. The molecule has 2 unspecified atom stereocenters. The Kier molecular flexibility index (Phi) is 6.70. The lowest BCUT2D eigenvalue weighted by Crippen LogP contribution is -2.52. The molecule has 1 N–H and O–H groups in total. The number of carbonyl (C=O) groups excluding carboxylic acids is 1. The fourth-order valence-electron chi connectivity index (χ4n) is 3.88. The normalized spacial score (nSPS) is 21.1. The van der Waals surface area contributed by atoms with E-state index < -0.39 is 0 Å². The Morgan fingerprint density at radius 2 is 2.11 bits per heavy atom. The summed E-state index contributed by atoms with van der Waals surface area (Å²) in [4.78, 5) is 15.3. The largest absolute Gasteiger partial charge is 0.497 e. The van der Waals surface area contributed by atoms with Crippen molar-refractivity contribution in [1.82, 2.24) is 10.2 Å². The van der Waals surface area contributed by atoms with Gasteiger partial charge in [-0.05, 0) is 41.8 Å². The van der Waals surface area contributed by atoms with Crippen LogP contribution >= 0.6 is 24.0 Å². The van der Waals surface area contributed by atoms with E-state index >= 15 is 0 Å². The van der Waals surface area contributed by atoms with Crippen molar-refractivity contribution < 1.29 is 14.3 Å². The average Bonchev–Trinajstić information content (AvgIpc) is 2.72. The van der Waals surface area contributed by atoms with Crippen molar-refractivity contribution in [3.8, 4) is 11.5 Å². The zero-order chi connectivity index (χ0) is 18.8. The average molecular weight is 423 g/mol. The zero-order valence-corrected chi connectivity index (χ0v) is 17.3. The minimum Gasteiger partial charge on any atom is -0.497 e. The number of amides is 1. The van der Waals surface area contributed by atoms with Gasteiger partial charge in [0.2, 0.25) is 5.91 Å². The minimum atomic E-state index is -0.201. The van der Waals surface area contributed by atoms with Crippen LogP contribution in [0.25, 0.3) is 0 Å². The number of nitrogens with zero attached hydrogens (tertiary/aromatic N) is 1. The first-order valence-corrected chi connectivity index (χ1v) is 9.60. The van der Waals surface area contributed by atoms with Gasteiger partial charge in [-0.3, -0.25) is 4.79 Å². The quantitative estimate of drug-likeness (QED) is 0.821. The molecule has 2 atom stereocenters. The van der Waals surface area contributed by atoms with Crippen LogP contribution in [0.15, 0.2) is 42.5 Å². The molecule has 2 aliphatic rings. The van der Waals surface area contributed by atoms with Crippen molar-refractivity contribution in [3.63, 3.8) is 0 Å². The van der Waals surface area contributed by atoms with Gasteiger partial charge >= 0.3 is 0 Å². The van der Waals surface area contributed by atoms with Crippen molar-refractivity contribution in [1.29, 1.82) is 0 Å². The Bertz CT molecular complexity index is 846. The standard InChI is InChI=1S/C21H23ClN2O3.ClH/c1-26-16-6-7-20-14(11-16)10-15(13-27-20)21(25)24-9-8-23-12-19(24)17-4-2-3-5-18(17)22;/h2-7,11,15,19,23H,8-10,12-13H2,1H3;1H. The first kappa shape index (κ1) is 20.8. The Hall–Kier alpha value is -1.95. The van der Waals surface area contributed by atoms with E-state index in [0.29, 0.717) is 31.1 Å². The maximum Gasteiger partial charge on any atom is 0.230 e. The van der Waals surface area contributed by atoms with Crippen molar-refractivity contribution in [3.05, 3.63) is 58.6 Å². The number of rotatable bonds is 3. The summed E-state index contributed by atoms with van der Waals surface area (Å²) < 4.78 is 11.2. The summed E-state index contributed by atoms with van der Waals surface area (Å²) in [5, 5.41) is 4.07. The summed E-state index contributed by atoms with van der Waals surface area (Å²) in [6.07, 6.45) is 0.657. The van der Waals surface area contributed by atoms with E-state index in [0.717, 1.165) is 29.2 Å². The summed E-state index contributed by atoms with van der Waals surface area (Å²) >= 11 is 6.41. The van der Waals surface area contributed by atoms with Crippen molar-refractivity contribution in [2.75, 3.05) is 33.4 Å². The number of piperazine rings is 1. The van der Waals surface area contributed by atoms with Gasteiger partial charge in [-0.15, -0.1) is 12.4 Å². The number of methoxy groups -OCH3 is 1. The number of benzene rings is 2. The summed E-state index contributed by atoms with van der Waals surface area (Å²) in [5.74, 6) is 1.53. The smallest absolute Gasteiger partial charge is 0.230 e. The molecule has 150 valence electrons. The second-order valence-corrected chi connectivity index (χ2v) is 7.37.